The SMILES string of the molecule is C=Nc1ccc2c(Nc3ccc(N)cc3)c3ccccc3nc2c1. The Hall–Kier alpha value is -3.40. The van der Waals surface area contributed by atoms with E-state index in [2.05, 4.69) is 23.1 Å². The lowest BCUT2D eigenvalue weighted by molar-refractivity contribution is 1.47. The molecule has 0 fully saturated rings. The molecular weight excluding hydrogens is 296 g/mol. The largest absolute Gasteiger partial charge is 0.399 e. The molecule has 0 aliphatic heterocycles. The summed E-state index contributed by atoms with van der Waals surface area (Å²) in [5, 5.41) is 5.62. The van der Waals surface area contributed by atoms with E-state index in [0.29, 0.717) is 0 Å². The molecule has 0 radical (unpaired) electrons. The standard InChI is InChI=1S/C20H16N4/c1-22-15-10-11-17-19(12-15)24-18-5-3-2-4-16(18)20(17)23-14-8-6-13(21)7-9-14/h2-12H,1,21H2,(H,23,24). The van der Waals surface area contributed by atoms with E-state index >= 15 is 0 Å². The predicted molar refractivity (Wildman–Crippen MR) is 103 cm³/mol. The summed E-state index contributed by atoms with van der Waals surface area (Å²) in [5.74, 6) is 0. The van der Waals surface area contributed by atoms with Crippen molar-refractivity contribution in [2.24, 2.45) is 4.99 Å². The minimum absolute atomic E-state index is 0.742. The first kappa shape index (κ1) is 14.2. The highest BCUT2D eigenvalue weighted by Gasteiger charge is 2.10. The number of para-hydroxylation sites is 1. The molecule has 1 heterocycles. The number of anilines is 3. The molecule has 3 aromatic carbocycles. The van der Waals surface area contributed by atoms with Gasteiger partial charge in [-0.05, 0) is 55.2 Å². The van der Waals surface area contributed by atoms with Crippen LogP contribution >= 0.6 is 0 Å². The molecule has 24 heavy (non-hydrogen) atoms. The summed E-state index contributed by atoms with van der Waals surface area (Å²) in [6.07, 6.45) is 0. The summed E-state index contributed by atoms with van der Waals surface area (Å²) in [7, 11) is 0. The highest BCUT2D eigenvalue weighted by molar-refractivity contribution is 6.09. The van der Waals surface area contributed by atoms with E-state index in [4.69, 9.17) is 10.7 Å². The van der Waals surface area contributed by atoms with E-state index in [0.717, 1.165) is 44.6 Å². The first-order valence-electron chi connectivity index (χ1n) is 7.66. The summed E-state index contributed by atoms with van der Waals surface area (Å²) in [5.41, 5.74) is 11.2. The van der Waals surface area contributed by atoms with Crippen LogP contribution in [-0.2, 0) is 0 Å². The molecule has 0 spiro atoms. The van der Waals surface area contributed by atoms with Crippen LogP contribution in [0.2, 0.25) is 0 Å². The summed E-state index contributed by atoms with van der Waals surface area (Å²) >= 11 is 0. The Morgan fingerprint density at radius 3 is 2.42 bits per heavy atom. The molecule has 3 N–H and O–H groups in total. The average molecular weight is 312 g/mol. The number of nitrogen functional groups attached to an aromatic ring is 1. The topological polar surface area (TPSA) is 63.3 Å². The van der Waals surface area contributed by atoms with Gasteiger partial charge in [0.15, 0.2) is 0 Å². The van der Waals surface area contributed by atoms with Gasteiger partial charge in [-0.15, -0.1) is 0 Å². The molecular formula is C20H16N4. The molecule has 4 heteroatoms. The van der Waals surface area contributed by atoms with Crippen molar-refractivity contribution in [3.05, 3.63) is 66.7 Å². The van der Waals surface area contributed by atoms with E-state index in [1.807, 2.05) is 60.7 Å². The zero-order valence-corrected chi connectivity index (χ0v) is 13.0. The number of fused-ring (bicyclic) bond motifs is 2. The number of nitrogens with zero attached hydrogens (tertiary/aromatic N) is 2. The quantitative estimate of drug-likeness (QED) is 0.316. The average Bonchev–Trinajstić information content (AvgIpc) is 2.62. The van der Waals surface area contributed by atoms with Gasteiger partial charge in [0.1, 0.15) is 0 Å². The first-order chi connectivity index (χ1) is 11.7. The van der Waals surface area contributed by atoms with Crippen molar-refractivity contribution < 1.29 is 0 Å². The van der Waals surface area contributed by atoms with Crippen molar-refractivity contribution in [2.75, 3.05) is 11.1 Å². The molecule has 0 atom stereocenters. The smallest absolute Gasteiger partial charge is 0.0752 e. The Bertz CT molecular complexity index is 1050. The Labute approximate surface area is 139 Å². The van der Waals surface area contributed by atoms with Gasteiger partial charge in [0, 0.05) is 22.1 Å². The normalized spacial score (nSPS) is 10.8. The fraction of sp³-hybridized carbons (Fsp3) is 0. The third-order valence-electron chi connectivity index (χ3n) is 4.03. The van der Waals surface area contributed by atoms with Crippen LogP contribution in [0.1, 0.15) is 0 Å². The molecule has 0 saturated heterocycles. The van der Waals surface area contributed by atoms with Gasteiger partial charge in [-0.1, -0.05) is 18.2 Å². The predicted octanol–water partition coefficient (Wildman–Crippen LogP) is 5.05. The number of rotatable bonds is 3. The number of aliphatic imine (C=N–C) groups is 1. The van der Waals surface area contributed by atoms with Gasteiger partial charge >= 0.3 is 0 Å². The van der Waals surface area contributed by atoms with Crippen LogP contribution < -0.4 is 11.1 Å². The molecule has 0 unspecified atom stereocenters. The minimum Gasteiger partial charge on any atom is -0.399 e. The summed E-state index contributed by atoms with van der Waals surface area (Å²) < 4.78 is 0. The van der Waals surface area contributed by atoms with Gasteiger partial charge in [-0.3, -0.25) is 4.99 Å². The Balaban J connectivity index is 1.98. The molecule has 1 aromatic heterocycles. The Morgan fingerprint density at radius 1 is 0.875 bits per heavy atom. The van der Waals surface area contributed by atoms with Crippen molar-refractivity contribution in [3.63, 3.8) is 0 Å². The van der Waals surface area contributed by atoms with Gasteiger partial charge in [0.2, 0.25) is 0 Å². The molecule has 0 amide bonds. The number of pyridine rings is 1. The molecule has 0 aliphatic carbocycles. The number of hydrogen-bond acceptors (Lipinski definition) is 4. The van der Waals surface area contributed by atoms with Crippen LogP contribution in [0.3, 0.4) is 0 Å². The second kappa shape index (κ2) is 5.66. The summed E-state index contributed by atoms with van der Waals surface area (Å²) in [6, 6.07) is 21.7. The van der Waals surface area contributed by atoms with E-state index < -0.39 is 0 Å². The number of hydrogen-bond donors (Lipinski definition) is 2. The monoisotopic (exact) mass is 312 g/mol. The molecule has 4 aromatic rings. The lowest BCUT2D eigenvalue weighted by Crippen LogP contribution is -1.95. The highest BCUT2D eigenvalue weighted by Crippen LogP contribution is 2.34. The number of nitrogens with two attached hydrogens (primary N) is 1. The second-order valence-electron chi connectivity index (χ2n) is 5.61. The van der Waals surface area contributed by atoms with E-state index in [9.17, 15) is 0 Å². The van der Waals surface area contributed by atoms with Gasteiger partial charge in [0.05, 0.1) is 22.4 Å². The maximum absolute atomic E-state index is 5.78. The fourth-order valence-corrected chi connectivity index (χ4v) is 2.83. The van der Waals surface area contributed by atoms with E-state index in [1.54, 1.807) is 0 Å². The lowest BCUT2D eigenvalue weighted by atomic mass is 10.1. The maximum Gasteiger partial charge on any atom is 0.0752 e. The maximum atomic E-state index is 5.78. The van der Waals surface area contributed by atoms with E-state index in [1.165, 1.54) is 0 Å². The van der Waals surface area contributed by atoms with Crippen LogP contribution in [0.4, 0.5) is 22.7 Å². The first-order valence-corrected chi connectivity index (χ1v) is 7.66. The number of aromatic nitrogens is 1. The van der Waals surface area contributed by atoms with Gasteiger partial charge in [-0.2, -0.15) is 0 Å². The Morgan fingerprint density at radius 2 is 1.62 bits per heavy atom. The highest BCUT2D eigenvalue weighted by atomic mass is 14.9. The van der Waals surface area contributed by atoms with Crippen LogP contribution in [0.25, 0.3) is 21.8 Å². The van der Waals surface area contributed by atoms with Crippen molar-refractivity contribution in [1.29, 1.82) is 0 Å². The molecule has 4 nitrogen and oxygen atoms in total. The third-order valence-corrected chi connectivity index (χ3v) is 4.03. The van der Waals surface area contributed by atoms with Gasteiger partial charge in [0.25, 0.3) is 0 Å². The zero-order valence-electron chi connectivity index (χ0n) is 13.0. The van der Waals surface area contributed by atoms with Gasteiger partial charge in [-0.25, -0.2) is 4.98 Å². The van der Waals surface area contributed by atoms with Crippen LogP contribution in [0.15, 0.2) is 71.7 Å². The van der Waals surface area contributed by atoms with E-state index in [-0.39, 0.29) is 0 Å². The van der Waals surface area contributed by atoms with Crippen molar-refractivity contribution in [3.8, 4) is 0 Å². The Kier molecular flexibility index (Phi) is 3.35. The molecule has 0 bridgehead atoms. The summed E-state index contributed by atoms with van der Waals surface area (Å²) in [4.78, 5) is 8.75. The summed E-state index contributed by atoms with van der Waals surface area (Å²) in [6.45, 7) is 3.59. The number of nitrogens with one attached hydrogen (secondary N) is 1. The van der Waals surface area contributed by atoms with Crippen LogP contribution in [-0.4, -0.2) is 11.7 Å². The van der Waals surface area contributed by atoms with Gasteiger partial charge < -0.3 is 11.1 Å². The molecule has 4 rings (SSSR count). The molecule has 0 saturated carbocycles. The van der Waals surface area contributed by atoms with Crippen molar-refractivity contribution in [2.45, 2.75) is 0 Å². The lowest BCUT2D eigenvalue weighted by Gasteiger charge is -2.14. The second-order valence-corrected chi connectivity index (χ2v) is 5.61. The van der Waals surface area contributed by atoms with Crippen molar-refractivity contribution in [1.82, 2.24) is 4.98 Å². The zero-order chi connectivity index (χ0) is 16.5. The third kappa shape index (κ3) is 2.44. The number of benzene rings is 3. The molecule has 0 aliphatic rings. The fourth-order valence-electron chi connectivity index (χ4n) is 2.83. The van der Waals surface area contributed by atoms with Crippen molar-refractivity contribution >= 4 is 51.3 Å². The van der Waals surface area contributed by atoms with Crippen LogP contribution in [0.5, 0.6) is 0 Å². The minimum atomic E-state index is 0.742. The van der Waals surface area contributed by atoms with Crippen LogP contribution in [0, 0.1) is 0 Å². The molecule has 116 valence electrons.